The van der Waals surface area contributed by atoms with Crippen molar-refractivity contribution in [1.29, 1.82) is 0 Å². The van der Waals surface area contributed by atoms with Crippen LogP contribution in [0.3, 0.4) is 0 Å². The number of hydrogen-bond acceptors (Lipinski definition) is 2. The second-order valence-corrected chi connectivity index (χ2v) is 2.08. The van der Waals surface area contributed by atoms with Crippen molar-refractivity contribution in [3.05, 3.63) is 0 Å². The molecule has 0 radical (unpaired) electrons. The van der Waals surface area contributed by atoms with Crippen molar-refractivity contribution in [3.63, 3.8) is 0 Å². The highest BCUT2D eigenvalue weighted by atomic mass is 35.5. The highest BCUT2D eigenvalue weighted by Crippen LogP contribution is 1.94. The maximum Gasteiger partial charge on any atom is 0.108 e. The lowest BCUT2D eigenvalue weighted by Crippen LogP contribution is -2.25. The van der Waals surface area contributed by atoms with Gasteiger partial charge in [-0.2, -0.15) is 0 Å². The quantitative estimate of drug-likeness (QED) is 0.416. The first kappa shape index (κ1) is 7.21. The van der Waals surface area contributed by atoms with Crippen molar-refractivity contribution in [2.24, 2.45) is 0 Å². The molecule has 0 amide bonds. The van der Waals surface area contributed by atoms with Gasteiger partial charge in [0.15, 0.2) is 0 Å². The molecule has 0 aromatic rings. The first-order valence-corrected chi connectivity index (χ1v) is 2.53. The predicted octanol–water partition coefficient (Wildman–Crippen LogP) is 0.105. The molecule has 0 saturated carbocycles. The Bertz CT molecular complexity index is 49.0. The maximum absolute atomic E-state index is 8.33. The Morgan fingerprint density at radius 1 is 1.71 bits per heavy atom. The predicted molar refractivity (Wildman–Crippen MR) is 30.4 cm³/mol. The number of nitrogens with zero attached hydrogens (tertiary/aromatic N) is 1. The third kappa shape index (κ3) is 2.85. The van der Waals surface area contributed by atoms with Crippen LogP contribution in [-0.2, 0) is 0 Å². The van der Waals surface area contributed by atoms with Gasteiger partial charge in [-0.15, -0.1) is 11.6 Å². The molecule has 0 aliphatic rings. The summed E-state index contributed by atoms with van der Waals surface area (Å²) in [7, 11) is 3.63. The largest absolute Gasteiger partial charge is 0.393 e. The zero-order chi connectivity index (χ0) is 5.86. The Hall–Kier alpha value is 0.210. The van der Waals surface area contributed by atoms with Crippen molar-refractivity contribution in [2.45, 2.75) is 5.50 Å². The van der Waals surface area contributed by atoms with Crippen LogP contribution in [0.2, 0.25) is 0 Å². The summed E-state index contributed by atoms with van der Waals surface area (Å²) in [5, 5.41) is 8.33. The van der Waals surface area contributed by atoms with Gasteiger partial charge >= 0.3 is 0 Å². The fourth-order valence-corrected chi connectivity index (χ4v) is 0.163. The summed E-state index contributed by atoms with van der Waals surface area (Å²) < 4.78 is 0. The van der Waals surface area contributed by atoms with Crippen LogP contribution >= 0.6 is 11.6 Å². The van der Waals surface area contributed by atoms with E-state index >= 15 is 0 Å². The number of alkyl halides is 1. The summed E-state index contributed by atoms with van der Waals surface area (Å²) in [5.41, 5.74) is -0.236. The lowest BCUT2D eigenvalue weighted by Gasteiger charge is -2.13. The van der Waals surface area contributed by atoms with Crippen molar-refractivity contribution in [2.75, 3.05) is 20.7 Å². The lowest BCUT2D eigenvalue weighted by atomic mass is 10.6. The maximum atomic E-state index is 8.33. The molecule has 0 fully saturated rings. The fraction of sp³-hybridized carbons (Fsp3) is 1.00. The number of halogens is 1. The van der Waals surface area contributed by atoms with Crippen molar-refractivity contribution in [1.82, 2.24) is 4.90 Å². The monoisotopic (exact) mass is 123 g/mol. The average Bonchev–Trinajstić information content (AvgIpc) is 1.65. The number of likely N-dealkylation sites (N-methyl/N-ethyl adjacent to an activating group) is 1. The van der Waals surface area contributed by atoms with E-state index in [1.54, 1.807) is 4.90 Å². The van der Waals surface area contributed by atoms with E-state index in [0.717, 1.165) is 0 Å². The minimum Gasteiger partial charge on any atom is -0.393 e. The van der Waals surface area contributed by atoms with Crippen LogP contribution in [0.5, 0.6) is 0 Å². The Balaban J connectivity index is 3.14. The van der Waals surface area contributed by atoms with E-state index in [9.17, 15) is 0 Å². The Kier molecular flexibility index (Phi) is 3.34. The standard InChI is InChI=1S/C4H10ClNO/c1-6(2)4(5)3-7/h4,7H,3H2,1-2H3. The SMILES string of the molecule is CN(C)C(Cl)CO. The smallest absolute Gasteiger partial charge is 0.108 e. The zero-order valence-corrected chi connectivity index (χ0v) is 5.31. The first-order chi connectivity index (χ1) is 3.18. The molecule has 2 nitrogen and oxygen atoms in total. The second-order valence-electron chi connectivity index (χ2n) is 1.58. The van der Waals surface area contributed by atoms with Gasteiger partial charge < -0.3 is 5.11 Å². The molecular weight excluding hydrogens is 114 g/mol. The summed E-state index contributed by atoms with van der Waals surface area (Å²) in [6.45, 7) is 0.00849. The van der Waals surface area contributed by atoms with Crippen molar-refractivity contribution < 1.29 is 5.11 Å². The molecule has 0 aliphatic carbocycles. The minimum absolute atomic E-state index is 0.00849. The number of aliphatic hydroxyl groups excluding tert-OH is 1. The Morgan fingerprint density at radius 2 is 2.14 bits per heavy atom. The molecule has 0 aromatic carbocycles. The highest BCUT2D eigenvalue weighted by Gasteiger charge is 2.01. The molecule has 1 atom stereocenters. The second kappa shape index (κ2) is 3.24. The van der Waals surface area contributed by atoms with E-state index < -0.39 is 0 Å². The van der Waals surface area contributed by atoms with Gasteiger partial charge in [-0.05, 0) is 14.1 Å². The van der Waals surface area contributed by atoms with Crippen LogP contribution in [0, 0.1) is 0 Å². The van der Waals surface area contributed by atoms with Crippen molar-refractivity contribution >= 4 is 11.6 Å². The molecule has 0 rings (SSSR count). The van der Waals surface area contributed by atoms with E-state index in [1.165, 1.54) is 0 Å². The first-order valence-electron chi connectivity index (χ1n) is 2.10. The van der Waals surface area contributed by atoms with Gasteiger partial charge in [0.2, 0.25) is 0 Å². The van der Waals surface area contributed by atoms with Gasteiger partial charge in [-0.1, -0.05) is 0 Å². The van der Waals surface area contributed by atoms with Gasteiger partial charge in [0, 0.05) is 0 Å². The molecule has 0 saturated heterocycles. The van der Waals surface area contributed by atoms with E-state index in [2.05, 4.69) is 0 Å². The summed E-state index contributed by atoms with van der Waals surface area (Å²) in [6.07, 6.45) is 0. The molecule has 44 valence electrons. The molecular formula is C4H10ClNO. The molecule has 0 heterocycles. The summed E-state index contributed by atoms with van der Waals surface area (Å²) >= 11 is 5.48. The Morgan fingerprint density at radius 3 is 2.14 bits per heavy atom. The summed E-state index contributed by atoms with van der Waals surface area (Å²) in [4.78, 5) is 1.74. The number of rotatable bonds is 2. The lowest BCUT2D eigenvalue weighted by molar-refractivity contribution is 0.219. The van der Waals surface area contributed by atoms with Crippen LogP contribution < -0.4 is 0 Å². The van der Waals surface area contributed by atoms with Crippen LogP contribution in [0.25, 0.3) is 0 Å². The van der Waals surface area contributed by atoms with E-state index in [1.807, 2.05) is 14.1 Å². The normalized spacial score (nSPS) is 15.0. The van der Waals surface area contributed by atoms with Crippen LogP contribution in [0.15, 0.2) is 0 Å². The molecule has 0 spiro atoms. The molecule has 0 bridgehead atoms. The third-order valence-electron chi connectivity index (χ3n) is 0.711. The number of hydrogen-bond donors (Lipinski definition) is 1. The van der Waals surface area contributed by atoms with Gasteiger partial charge in [0.1, 0.15) is 5.50 Å². The van der Waals surface area contributed by atoms with E-state index in [0.29, 0.717) is 0 Å². The topological polar surface area (TPSA) is 23.5 Å². The van der Waals surface area contributed by atoms with Gasteiger partial charge in [0.05, 0.1) is 6.61 Å². The van der Waals surface area contributed by atoms with Gasteiger partial charge in [0.25, 0.3) is 0 Å². The van der Waals surface area contributed by atoms with Crippen molar-refractivity contribution in [3.8, 4) is 0 Å². The molecule has 3 heteroatoms. The van der Waals surface area contributed by atoms with E-state index in [4.69, 9.17) is 16.7 Å². The zero-order valence-electron chi connectivity index (χ0n) is 4.56. The molecule has 0 aliphatic heterocycles. The molecule has 1 N–H and O–H groups in total. The summed E-state index contributed by atoms with van der Waals surface area (Å²) in [6, 6.07) is 0. The summed E-state index contributed by atoms with van der Waals surface area (Å²) in [5.74, 6) is 0. The minimum atomic E-state index is -0.236. The highest BCUT2D eigenvalue weighted by molar-refractivity contribution is 6.20. The molecule has 7 heavy (non-hydrogen) atoms. The van der Waals surface area contributed by atoms with Crippen LogP contribution in [0.1, 0.15) is 0 Å². The van der Waals surface area contributed by atoms with Gasteiger partial charge in [-0.3, -0.25) is 4.90 Å². The Labute approximate surface area is 48.7 Å². The average molecular weight is 124 g/mol. The van der Waals surface area contributed by atoms with Crippen LogP contribution in [-0.4, -0.2) is 36.2 Å². The van der Waals surface area contributed by atoms with Crippen LogP contribution in [0.4, 0.5) is 0 Å². The van der Waals surface area contributed by atoms with E-state index in [-0.39, 0.29) is 12.1 Å². The number of aliphatic hydroxyl groups is 1. The van der Waals surface area contributed by atoms with Gasteiger partial charge in [-0.25, -0.2) is 0 Å². The molecule has 1 unspecified atom stereocenters. The fourth-order valence-electron chi connectivity index (χ4n) is 0.163. The molecule has 0 aromatic heterocycles. The third-order valence-corrected chi connectivity index (χ3v) is 1.24.